The second-order valence-electron chi connectivity index (χ2n) is 9.47. The molecule has 5 atom stereocenters. The van der Waals surface area contributed by atoms with Crippen molar-refractivity contribution in [3.8, 4) is 5.88 Å². The summed E-state index contributed by atoms with van der Waals surface area (Å²) in [7, 11) is 0. The van der Waals surface area contributed by atoms with Gasteiger partial charge in [-0.1, -0.05) is 12.1 Å². The maximum absolute atomic E-state index is 14.2. The average Bonchev–Trinajstić information content (AvgIpc) is 3.10. The summed E-state index contributed by atoms with van der Waals surface area (Å²) in [5.41, 5.74) is 2.40. The number of hydrogen-bond acceptors (Lipinski definition) is 10. The van der Waals surface area contributed by atoms with Crippen LogP contribution in [0.4, 0.5) is 9.18 Å². The van der Waals surface area contributed by atoms with E-state index in [1.165, 1.54) is 6.07 Å². The van der Waals surface area contributed by atoms with Crippen LogP contribution in [0.15, 0.2) is 18.2 Å². The first-order valence-electron chi connectivity index (χ1n) is 12.3. The standard InChI is InChI=1S/C25H33FN2O9/c1-4-34-24(32)35-12-19-20(29)21(30)22(31)25(33,36-19)37-23-17(10-15-9-8-13(2)18(26)11-15)14(3)28(27-23)16-6-5-7-16/h8-9,11,16,19-22,29-31,33H,4-7,10,12H2,1-3H3/t19-,20-,21+,22-,25+/m1/s1. The first-order chi connectivity index (χ1) is 17.5. The van der Waals surface area contributed by atoms with Gasteiger partial charge in [-0.25, -0.2) is 9.18 Å². The fraction of sp³-hybridized carbons (Fsp3) is 0.600. The van der Waals surface area contributed by atoms with Crippen molar-refractivity contribution in [3.63, 3.8) is 0 Å². The van der Waals surface area contributed by atoms with Crippen molar-refractivity contribution in [2.45, 2.75) is 82.9 Å². The molecule has 0 amide bonds. The monoisotopic (exact) mass is 524 g/mol. The number of rotatable bonds is 8. The van der Waals surface area contributed by atoms with Crippen molar-refractivity contribution in [3.05, 3.63) is 46.4 Å². The molecule has 1 saturated carbocycles. The van der Waals surface area contributed by atoms with Crippen molar-refractivity contribution in [1.29, 1.82) is 0 Å². The zero-order valence-corrected chi connectivity index (χ0v) is 21.0. The summed E-state index contributed by atoms with van der Waals surface area (Å²) in [6.07, 6.45) is -5.15. The van der Waals surface area contributed by atoms with Gasteiger partial charge < -0.3 is 39.4 Å². The minimum absolute atomic E-state index is 0.0535. The number of carbonyl (C=O) groups is 1. The SMILES string of the molecule is CCOC(=O)OC[C@H]1O[C@](O)(Oc2nn(C3CCC3)c(C)c2Cc2ccc(C)c(F)c2)[C@H](O)[C@@H](O)[C@@H]1O. The van der Waals surface area contributed by atoms with Gasteiger partial charge in [0.15, 0.2) is 6.10 Å². The molecule has 37 heavy (non-hydrogen) atoms. The van der Waals surface area contributed by atoms with Crippen molar-refractivity contribution in [2.75, 3.05) is 13.2 Å². The Morgan fingerprint density at radius 1 is 1.22 bits per heavy atom. The largest absolute Gasteiger partial charge is 0.508 e. The van der Waals surface area contributed by atoms with Crippen LogP contribution in [0.2, 0.25) is 0 Å². The summed E-state index contributed by atoms with van der Waals surface area (Å²) < 4.78 is 36.6. The minimum atomic E-state index is -2.85. The lowest BCUT2D eigenvalue weighted by atomic mass is 9.93. The number of carbonyl (C=O) groups excluding carboxylic acids is 1. The zero-order valence-electron chi connectivity index (χ0n) is 21.0. The quantitative estimate of drug-likeness (QED) is 0.296. The van der Waals surface area contributed by atoms with E-state index in [0.717, 1.165) is 25.0 Å². The molecule has 1 saturated heterocycles. The Morgan fingerprint density at radius 3 is 2.57 bits per heavy atom. The van der Waals surface area contributed by atoms with Gasteiger partial charge in [-0.05, 0) is 57.2 Å². The third kappa shape index (κ3) is 5.58. The Hall–Kier alpha value is -2.77. The van der Waals surface area contributed by atoms with Gasteiger partial charge in [0.2, 0.25) is 5.88 Å². The Labute approximate surface area is 213 Å². The Kier molecular flexibility index (Phi) is 8.05. The third-order valence-corrected chi connectivity index (χ3v) is 6.89. The van der Waals surface area contributed by atoms with Crippen molar-refractivity contribution in [2.24, 2.45) is 0 Å². The molecule has 2 aliphatic rings. The molecule has 2 fully saturated rings. The van der Waals surface area contributed by atoms with Gasteiger partial charge in [-0.2, -0.15) is 0 Å². The molecule has 4 N–H and O–H groups in total. The smallest absolute Gasteiger partial charge is 0.435 e. The van der Waals surface area contributed by atoms with Crippen molar-refractivity contribution in [1.82, 2.24) is 9.78 Å². The molecular formula is C25H33FN2O9. The van der Waals surface area contributed by atoms with Gasteiger partial charge in [0.05, 0.1) is 12.6 Å². The van der Waals surface area contributed by atoms with Crippen LogP contribution in [0.25, 0.3) is 0 Å². The minimum Gasteiger partial charge on any atom is -0.435 e. The number of ether oxygens (including phenoxy) is 4. The highest BCUT2D eigenvalue weighted by atomic mass is 19.1. The number of benzene rings is 1. The van der Waals surface area contributed by atoms with Crippen molar-refractivity contribution < 1.29 is 48.6 Å². The highest BCUT2D eigenvalue weighted by molar-refractivity contribution is 5.59. The lowest BCUT2D eigenvalue weighted by Gasteiger charge is -2.44. The second kappa shape index (κ2) is 10.9. The molecule has 11 nitrogen and oxygen atoms in total. The van der Waals surface area contributed by atoms with Crippen molar-refractivity contribution >= 4 is 6.16 Å². The number of aromatic nitrogens is 2. The summed E-state index contributed by atoms with van der Waals surface area (Å²) in [5, 5.41) is 47.0. The number of aryl methyl sites for hydroxylation is 1. The van der Waals surface area contributed by atoms with Gasteiger partial charge in [-0.3, -0.25) is 4.68 Å². The summed E-state index contributed by atoms with van der Waals surface area (Å²) in [6.45, 7) is 4.52. The highest BCUT2D eigenvalue weighted by Gasteiger charge is 2.56. The molecule has 0 unspecified atom stereocenters. The number of aliphatic hydroxyl groups excluding tert-OH is 3. The zero-order chi connectivity index (χ0) is 26.9. The van der Waals surface area contributed by atoms with Gasteiger partial charge in [0.1, 0.15) is 30.7 Å². The molecule has 12 heteroatoms. The first kappa shape index (κ1) is 27.3. The molecule has 2 heterocycles. The predicted octanol–water partition coefficient (Wildman–Crippen LogP) is 1.63. The predicted molar refractivity (Wildman–Crippen MR) is 125 cm³/mol. The van der Waals surface area contributed by atoms with Crippen LogP contribution in [-0.4, -0.2) is 80.0 Å². The van der Waals surface area contributed by atoms with E-state index in [1.54, 1.807) is 30.7 Å². The average molecular weight is 525 g/mol. The molecule has 0 spiro atoms. The van der Waals surface area contributed by atoms with Gasteiger partial charge in [0.25, 0.3) is 0 Å². The fourth-order valence-corrected chi connectivity index (χ4v) is 4.39. The molecule has 4 rings (SSSR count). The summed E-state index contributed by atoms with van der Waals surface area (Å²) in [4.78, 5) is 11.6. The first-order valence-corrected chi connectivity index (χ1v) is 12.3. The number of hydrogen-bond donors (Lipinski definition) is 4. The second-order valence-corrected chi connectivity index (χ2v) is 9.47. The van der Waals surface area contributed by atoms with Crippen LogP contribution >= 0.6 is 0 Å². The van der Waals surface area contributed by atoms with E-state index in [4.69, 9.17) is 14.2 Å². The van der Waals surface area contributed by atoms with Crippen LogP contribution in [0.5, 0.6) is 5.88 Å². The van der Waals surface area contributed by atoms with E-state index < -0.39 is 43.2 Å². The van der Waals surface area contributed by atoms with E-state index in [1.807, 2.05) is 6.92 Å². The van der Waals surface area contributed by atoms with E-state index in [2.05, 4.69) is 9.84 Å². The van der Waals surface area contributed by atoms with Crippen LogP contribution in [-0.2, 0) is 20.6 Å². The Morgan fingerprint density at radius 2 is 1.95 bits per heavy atom. The molecule has 1 aliphatic heterocycles. The normalized spacial score (nSPS) is 28.0. The lowest BCUT2D eigenvalue weighted by Crippen LogP contribution is -2.67. The van der Waals surface area contributed by atoms with E-state index in [9.17, 15) is 29.6 Å². The molecule has 2 aromatic rings. The van der Waals surface area contributed by atoms with Gasteiger partial charge >= 0.3 is 12.1 Å². The van der Waals surface area contributed by atoms with Crippen LogP contribution in [0.3, 0.4) is 0 Å². The van der Waals surface area contributed by atoms with E-state index in [0.29, 0.717) is 16.7 Å². The molecular weight excluding hydrogens is 491 g/mol. The lowest BCUT2D eigenvalue weighted by molar-refractivity contribution is -0.423. The van der Waals surface area contributed by atoms with Gasteiger partial charge in [-0.15, -0.1) is 5.10 Å². The van der Waals surface area contributed by atoms with Crippen LogP contribution in [0.1, 0.15) is 54.6 Å². The molecule has 0 bridgehead atoms. The summed E-state index contributed by atoms with van der Waals surface area (Å²) in [5.74, 6) is -3.30. The maximum atomic E-state index is 14.2. The summed E-state index contributed by atoms with van der Waals surface area (Å²) >= 11 is 0. The third-order valence-electron chi connectivity index (χ3n) is 6.89. The molecule has 1 aliphatic carbocycles. The molecule has 0 radical (unpaired) electrons. The molecule has 204 valence electrons. The summed E-state index contributed by atoms with van der Waals surface area (Å²) in [6, 6.07) is 4.95. The number of halogens is 1. The van der Waals surface area contributed by atoms with Crippen LogP contribution < -0.4 is 4.74 Å². The molecule has 1 aromatic carbocycles. The highest BCUT2D eigenvalue weighted by Crippen LogP contribution is 2.38. The van der Waals surface area contributed by atoms with E-state index in [-0.39, 0.29) is 30.8 Å². The Balaban J connectivity index is 1.62. The maximum Gasteiger partial charge on any atom is 0.508 e. The Bertz CT molecular complexity index is 1120. The number of aliphatic hydroxyl groups is 4. The number of nitrogens with zero attached hydrogens (tertiary/aromatic N) is 2. The molecule has 1 aromatic heterocycles. The topological polar surface area (TPSA) is 153 Å². The van der Waals surface area contributed by atoms with Crippen LogP contribution in [0, 0.1) is 19.7 Å². The van der Waals surface area contributed by atoms with E-state index >= 15 is 0 Å². The van der Waals surface area contributed by atoms with Gasteiger partial charge in [0, 0.05) is 17.7 Å². The fourth-order valence-electron chi connectivity index (χ4n) is 4.39.